The molecule has 2 rings (SSSR count). The first-order chi connectivity index (χ1) is 10.8. The minimum absolute atomic E-state index is 0.0671. The molecule has 0 aliphatic rings. The number of rotatable bonds is 6. The summed E-state index contributed by atoms with van der Waals surface area (Å²) in [6, 6.07) is 20.3. The molecule has 0 heterocycles. The molecule has 23 heavy (non-hydrogen) atoms. The van der Waals surface area contributed by atoms with Crippen molar-refractivity contribution in [2.75, 3.05) is 0 Å². The lowest BCUT2D eigenvalue weighted by Crippen LogP contribution is -2.67. The monoisotopic (exact) mass is 312 g/mol. The molecule has 1 unspecified atom stereocenters. The van der Waals surface area contributed by atoms with Crippen LogP contribution in [-0.4, -0.2) is 11.3 Å². The molecule has 0 radical (unpaired) electrons. The first kappa shape index (κ1) is 17.7. The van der Waals surface area contributed by atoms with Crippen molar-refractivity contribution in [1.29, 1.82) is 0 Å². The summed E-state index contributed by atoms with van der Waals surface area (Å²) < 4.78 is 6.49. The molecule has 0 aromatic heterocycles. The first-order valence-corrected chi connectivity index (χ1v) is 8.11. The van der Waals surface area contributed by atoms with Crippen LogP contribution in [0.5, 0.6) is 0 Å². The fourth-order valence-electron chi connectivity index (χ4n) is 2.81. The van der Waals surface area contributed by atoms with Crippen LogP contribution in [0.1, 0.15) is 44.9 Å². The van der Waals surface area contributed by atoms with Crippen LogP contribution in [0.2, 0.25) is 0 Å². The van der Waals surface area contributed by atoms with Crippen molar-refractivity contribution in [3.8, 4) is 0 Å². The quantitative estimate of drug-likeness (QED) is 0.797. The highest BCUT2D eigenvalue weighted by Gasteiger charge is 2.45. The Morgan fingerprint density at radius 1 is 0.783 bits per heavy atom. The molecular weight excluding hydrogens is 284 g/mol. The Bertz CT molecular complexity index is 565. The summed E-state index contributed by atoms with van der Waals surface area (Å²) in [5.74, 6) is 0.0671. The maximum atomic E-state index is 6.65. The van der Waals surface area contributed by atoms with Crippen molar-refractivity contribution in [2.24, 2.45) is 17.4 Å². The molecule has 0 aliphatic heterocycles. The van der Waals surface area contributed by atoms with Gasteiger partial charge in [0.1, 0.15) is 11.8 Å². The Morgan fingerprint density at radius 3 is 1.48 bits per heavy atom. The van der Waals surface area contributed by atoms with Gasteiger partial charge in [-0.1, -0.05) is 74.5 Å². The Morgan fingerprint density at radius 2 is 1.17 bits per heavy atom. The Labute approximate surface area is 139 Å². The van der Waals surface area contributed by atoms with Crippen molar-refractivity contribution in [3.05, 3.63) is 71.8 Å². The summed E-state index contributed by atoms with van der Waals surface area (Å²) in [5.41, 5.74) is 13.5. The van der Waals surface area contributed by atoms with E-state index in [1.807, 2.05) is 64.1 Å². The molecule has 2 aromatic carbocycles. The second-order valence-corrected chi connectivity index (χ2v) is 6.99. The third kappa shape index (κ3) is 3.81. The normalized spacial score (nSPS) is 15.0. The van der Waals surface area contributed by atoms with Gasteiger partial charge in [-0.2, -0.15) is 0 Å². The van der Waals surface area contributed by atoms with Gasteiger partial charge >= 0.3 is 0 Å². The van der Waals surface area contributed by atoms with E-state index in [0.29, 0.717) is 0 Å². The zero-order chi connectivity index (χ0) is 17.1. The molecule has 124 valence electrons. The van der Waals surface area contributed by atoms with Crippen LogP contribution >= 0.6 is 0 Å². The fourth-order valence-corrected chi connectivity index (χ4v) is 2.81. The van der Waals surface area contributed by atoms with E-state index in [1.54, 1.807) is 0 Å². The second kappa shape index (κ2) is 6.83. The van der Waals surface area contributed by atoms with E-state index in [0.717, 1.165) is 11.1 Å². The van der Waals surface area contributed by atoms with E-state index >= 15 is 0 Å². The smallest absolute Gasteiger partial charge is 0.137 e. The van der Waals surface area contributed by atoms with E-state index in [9.17, 15) is 0 Å². The van der Waals surface area contributed by atoms with Crippen LogP contribution in [0.4, 0.5) is 0 Å². The molecule has 0 fully saturated rings. The van der Waals surface area contributed by atoms with Gasteiger partial charge in [-0.05, 0) is 30.9 Å². The number of nitrogens with two attached hydrogens (primary N) is 2. The minimum atomic E-state index is -0.955. The van der Waals surface area contributed by atoms with Crippen LogP contribution in [0.3, 0.4) is 0 Å². The van der Waals surface area contributed by atoms with Gasteiger partial charge in [-0.15, -0.1) is 0 Å². The Balaban J connectivity index is 2.47. The summed E-state index contributed by atoms with van der Waals surface area (Å²) in [7, 11) is 0. The lowest BCUT2D eigenvalue weighted by molar-refractivity contribution is -0.143. The van der Waals surface area contributed by atoms with Gasteiger partial charge in [0.15, 0.2) is 0 Å². The van der Waals surface area contributed by atoms with E-state index < -0.39 is 11.3 Å². The molecule has 4 N–H and O–H groups in total. The molecule has 0 amide bonds. The topological polar surface area (TPSA) is 61.3 Å². The molecule has 0 aliphatic carbocycles. The zero-order valence-electron chi connectivity index (χ0n) is 14.5. The van der Waals surface area contributed by atoms with E-state index in [2.05, 4.69) is 24.3 Å². The van der Waals surface area contributed by atoms with Crippen LogP contribution in [0.15, 0.2) is 60.7 Å². The molecule has 0 saturated carbocycles. The Hall–Kier alpha value is -1.68. The third-order valence-corrected chi connectivity index (χ3v) is 4.38. The third-order valence-electron chi connectivity index (χ3n) is 4.38. The Kier molecular flexibility index (Phi) is 5.25. The summed E-state index contributed by atoms with van der Waals surface area (Å²) in [6.45, 7) is 7.92. The van der Waals surface area contributed by atoms with Crippen molar-refractivity contribution < 1.29 is 4.74 Å². The molecule has 2 aromatic rings. The highest BCUT2D eigenvalue weighted by Crippen LogP contribution is 2.36. The van der Waals surface area contributed by atoms with Crippen LogP contribution in [0, 0.1) is 5.92 Å². The van der Waals surface area contributed by atoms with Crippen LogP contribution in [0.25, 0.3) is 0 Å². The van der Waals surface area contributed by atoms with E-state index in [4.69, 9.17) is 16.2 Å². The molecule has 1 atom stereocenters. The van der Waals surface area contributed by atoms with Crippen molar-refractivity contribution in [1.82, 2.24) is 0 Å². The average molecular weight is 312 g/mol. The molecule has 0 saturated heterocycles. The lowest BCUT2D eigenvalue weighted by atomic mass is 9.82. The first-order valence-electron chi connectivity index (χ1n) is 8.11. The number of hydrogen-bond donors (Lipinski definition) is 2. The number of benzene rings is 2. The van der Waals surface area contributed by atoms with Gasteiger partial charge in [0.05, 0.1) is 5.54 Å². The zero-order valence-corrected chi connectivity index (χ0v) is 14.5. The summed E-state index contributed by atoms with van der Waals surface area (Å²) >= 11 is 0. The second-order valence-electron chi connectivity index (χ2n) is 6.99. The molecular formula is C20H28N2O. The lowest BCUT2D eigenvalue weighted by Gasteiger charge is -2.46. The summed E-state index contributed by atoms with van der Waals surface area (Å²) in [4.78, 5) is 0. The predicted octanol–water partition coefficient (Wildman–Crippen LogP) is 3.84. The largest absolute Gasteiger partial charge is 0.346 e. The van der Waals surface area contributed by atoms with Gasteiger partial charge in [-0.3, -0.25) is 0 Å². The average Bonchev–Trinajstić information content (AvgIpc) is 2.52. The summed E-state index contributed by atoms with van der Waals surface area (Å²) in [6.07, 6.45) is -0.257. The van der Waals surface area contributed by atoms with Gasteiger partial charge in [-0.25, -0.2) is 0 Å². The van der Waals surface area contributed by atoms with Gasteiger partial charge in [0, 0.05) is 0 Å². The highest BCUT2D eigenvalue weighted by atomic mass is 16.5. The van der Waals surface area contributed by atoms with Gasteiger partial charge in [0.2, 0.25) is 0 Å². The SMILES string of the molecule is CC(C)C(N)(OC(c1ccccc1)c1ccccc1)C(C)(C)N. The molecule has 3 heteroatoms. The van der Waals surface area contributed by atoms with E-state index in [1.165, 1.54) is 0 Å². The van der Waals surface area contributed by atoms with Gasteiger partial charge in [0.25, 0.3) is 0 Å². The van der Waals surface area contributed by atoms with Crippen molar-refractivity contribution in [3.63, 3.8) is 0 Å². The predicted molar refractivity (Wildman–Crippen MR) is 95.8 cm³/mol. The summed E-state index contributed by atoms with van der Waals surface area (Å²) in [5, 5.41) is 0. The van der Waals surface area contributed by atoms with Crippen molar-refractivity contribution in [2.45, 2.75) is 45.1 Å². The molecule has 0 spiro atoms. The fraction of sp³-hybridized carbons (Fsp3) is 0.400. The number of hydrogen-bond acceptors (Lipinski definition) is 3. The van der Waals surface area contributed by atoms with Crippen LogP contribution in [-0.2, 0) is 4.74 Å². The standard InChI is InChI=1S/C20H28N2O/c1-15(2)20(22,19(3,4)21)23-18(16-11-7-5-8-12-16)17-13-9-6-10-14-17/h5-15,18H,21-22H2,1-4H3. The number of ether oxygens (including phenoxy) is 1. The molecule has 0 bridgehead atoms. The minimum Gasteiger partial charge on any atom is -0.346 e. The van der Waals surface area contributed by atoms with Gasteiger partial charge < -0.3 is 16.2 Å². The maximum Gasteiger partial charge on any atom is 0.137 e. The molecule has 3 nitrogen and oxygen atoms in total. The van der Waals surface area contributed by atoms with E-state index in [-0.39, 0.29) is 12.0 Å². The van der Waals surface area contributed by atoms with Crippen molar-refractivity contribution >= 4 is 0 Å². The maximum absolute atomic E-state index is 6.65. The van der Waals surface area contributed by atoms with Crippen LogP contribution < -0.4 is 11.5 Å². The highest BCUT2D eigenvalue weighted by molar-refractivity contribution is 5.30.